The second-order valence-electron chi connectivity index (χ2n) is 19.5. The van der Waals surface area contributed by atoms with Crippen LogP contribution in [0.2, 0.25) is 0 Å². The van der Waals surface area contributed by atoms with E-state index < -0.39 is 0 Å². The molecule has 0 heterocycles. The van der Waals surface area contributed by atoms with Crippen LogP contribution in [0.3, 0.4) is 0 Å². The van der Waals surface area contributed by atoms with E-state index in [1.807, 2.05) is 0 Å². The maximum atomic E-state index is 13.1. The van der Waals surface area contributed by atoms with E-state index in [0.717, 1.165) is 25.2 Å². The summed E-state index contributed by atoms with van der Waals surface area (Å²) < 4.78 is 5.89. The summed E-state index contributed by atoms with van der Waals surface area (Å²) in [4.78, 5) is 13.1. The standard InChI is InChI=1S/C56H112O2/c1-5-9-13-17-20-22-24-25-26-27-28-29-30-33-37-43-49-54(48-42-16-12-8-4)50-44-38-34-32-35-40-46-52-55(51-45-39-19-15-11-7-3)56(57)58-53-47-41-36-31-23-21-18-14-10-6-2/h54-55H,5-53H2,1-4H3. The van der Waals surface area contributed by atoms with Crippen LogP contribution in [0.1, 0.15) is 336 Å². The van der Waals surface area contributed by atoms with Crippen molar-refractivity contribution < 1.29 is 9.53 Å². The molecule has 0 radical (unpaired) electrons. The molecule has 0 bridgehead atoms. The van der Waals surface area contributed by atoms with E-state index in [4.69, 9.17) is 4.74 Å². The summed E-state index contributed by atoms with van der Waals surface area (Å²) in [5.74, 6) is 1.24. The maximum absolute atomic E-state index is 13.1. The molecule has 0 N–H and O–H groups in total. The Labute approximate surface area is 368 Å². The molecule has 0 fully saturated rings. The zero-order valence-corrected chi connectivity index (χ0v) is 41.1. The van der Waals surface area contributed by atoms with Crippen molar-refractivity contribution in [3.8, 4) is 0 Å². The van der Waals surface area contributed by atoms with Crippen LogP contribution in [0.5, 0.6) is 0 Å². The number of carbonyl (C=O) groups is 1. The van der Waals surface area contributed by atoms with Gasteiger partial charge in [0.05, 0.1) is 12.5 Å². The molecular weight excluding hydrogens is 705 g/mol. The van der Waals surface area contributed by atoms with Gasteiger partial charge in [-0.2, -0.15) is 0 Å². The first-order chi connectivity index (χ1) is 28.7. The van der Waals surface area contributed by atoms with Crippen LogP contribution in [0.15, 0.2) is 0 Å². The highest BCUT2D eigenvalue weighted by Gasteiger charge is 2.19. The largest absolute Gasteiger partial charge is 0.465 e. The normalized spacial score (nSPS) is 12.7. The number of carbonyl (C=O) groups excluding carboxylic acids is 1. The van der Waals surface area contributed by atoms with E-state index in [1.165, 1.54) is 289 Å². The van der Waals surface area contributed by atoms with Gasteiger partial charge in [-0.25, -0.2) is 0 Å². The lowest BCUT2D eigenvalue weighted by Gasteiger charge is -2.17. The summed E-state index contributed by atoms with van der Waals surface area (Å²) in [6.07, 6.45) is 66.2. The minimum atomic E-state index is 0.119. The van der Waals surface area contributed by atoms with Gasteiger partial charge in [0.15, 0.2) is 0 Å². The van der Waals surface area contributed by atoms with Gasteiger partial charge in [0.1, 0.15) is 0 Å². The van der Waals surface area contributed by atoms with E-state index >= 15 is 0 Å². The van der Waals surface area contributed by atoms with Gasteiger partial charge in [-0.15, -0.1) is 0 Å². The minimum Gasteiger partial charge on any atom is -0.465 e. The number of hydrogen-bond donors (Lipinski definition) is 0. The first-order valence-corrected chi connectivity index (χ1v) is 27.9. The molecule has 0 rings (SSSR count). The fourth-order valence-electron chi connectivity index (χ4n) is 9.41. The lowest BCUT2D eigenvalue weighted by molar-refractivity contribution is -0.149. The summed E-state index contributed by atoms with van der Waals surface area (Å²) in [7, 11) is 0. The van der Waals surface area contributed by atoms with Crippen LogP contribution in [0, 0.1) is 11.8 Å². The number of unbranched alkanes of at least 4 members (excludes halogenated alkanes) is 38. The van der Waals surface area contributed by atoms with Crippen molar-refractivity contribution >= 4 is 5.97 Å². The second-order valence-corrected chi connectivity index (χ2v) is 19.5. The van der Waals surface area contributed by atoms with E-state index in [1.54, 1.807) is 0 Å². The van der Waals surface area contributed by atoms with Gasteiger partial charge in [-0.05, 0) is 25.2 Å². The number of rotatable bonds is 51. The molecule has 0 aliphatic rings. The molecule has 58 heavy (non-hydrogen) atoms. The molecule has 0 aromatic heterocycles. The zero-order chi connectivity index (χ0) is 42.1. The van der Waals surface area contributed by atoms with Gasteiger partial charge in [-0.3, -0.25) is 4.79 Å². The summed E-state index contributed by atoms with van der Waals surface area (Å²) in [5.41, 5.74) is 0. The van der Waals surface area contributed by atoms with E-state index in [0.29, 0.717) is 6.61 Å². The SMILES string of the molecule is CCCCCCCCCCCCCCCCCCC(CCCCCC)CCCCCCCCCC(CCCCCCCC)C(=O)OCCCCCCCCCCCC. The van der Waals surface area contributed by atoms with Crippen LogP contribution in [0.25, 0.3) is 0 Å². The number of ether oxygens (including phenoxy) is 1. The molecule has 0 spiro atoms. The summed E-state index contributed by atoms with van der Waals surface area (Å²) >= 11 is 0. The van der Waals surface area contributed by atoms with Crippen LogP contribution in [0.4, 0.5) is 0 Å². The lowest BCUT2D eigenvalue weighted by Crippen LogP contribution is -2.18. The van der Waals surface area contributed by atoms with E-state index in [2.05, 4.69) is 27.7 Å². The summed E-state index contributed by atoms with van der Waals surface area (Å²) in [6.45, 7) is 9.87. The Hall–Kier alpha value is -0.530. The summed E-state index contributed by atoms with van der Waals surface area (Å²) in [5, 5.41) is 0. The molecular formula is C56H112O2. The number of hydrogen-bond acceptors (Lipinski definition) is 2. The van der Waals surface area contributed by atoms with Crippen LogP contribution >= 0.6 is 0 Å². The molecule has 2 unspecified atom stereocenters. The first-order valence-electron chi connectivity index (χ1n) is 27.9. The van der Waals surface area contributed by atoms with Gasteiger partial charge in [-0.1, -0.05) is 317 Å². The quantitative estimate of drug-likeness (QED) is 0.0452. The van der Waals surface area contributed by atoms with Crippen molar-refractivity contribution in [1.82, 2.24) is 0 Å². The maximum Gasteiger partial charge on any atom is 0.308 e. The smallest absolute Gasteiger partial charge is 0.308 e. The van der Waals surface area contributed by atoms with Crippen molar-refractivity contribution in [3.63, 3.8) is 0 Å². The molecule has 2 nitrogen and oxygen atoms in total. The van der Waals surface area contributed by atoms with Gasteiger partial charge in [0, 0.05) is 0 Å². The van der Waals surface area contributed by atoms with E-state index in [-0.39, 0.29) is 11.9 Å². The molecule has 0 saturated heterocycles. The molecule has 0 aromatic carbocycles. The third kappa shape index (κ3) is 45.0. The topological polar surface area (TPSA) is 26.3 Å². The van der Waals surface area contributed by atoms with Gasteiger partial charge >= 0.3 is 5.97 Å². The second kappa shape index (κ2) is 50.8. The Morgan fingerprint density at radius 1 is 0.276 bits per heavy atom. The fourth-order valence-corrected chi connectivity index (χ4v) is 9.41. The Kier molecular flexibility index (Phi) is 50.4. The molecule has 0 saturated carbocycles. The Morgan fingerprint density at radius 3 is 0.759 bits per heavy atom. The van der Waals surface area contributed by atoms with E-state index in [9.17, 15) is 4.79 Å². The average Bonchev–Trinajstić information content (AvgIpc) is 3.23. The Balaban J connectivity index is 4.15. The van der Waals surface area contributed by atoms with Gasteiger partial charge < -0.3 is 4.74 Å². The van der Waals surface area contributed by atoms with Crippen molar-refractivity contribution in [2.24, 2.45) is 11.8 Å². The highest BCUT2D eigenvalue weighted by Crippen LogP contribution is 2.26. The zero-order valence-electron chi connectivity index (χ0n) is 41.1. The summed E-state index contributed by atoms with van der Waals surface area (Å²) in [6, 6.07) is 0. The third-order valence-electron chi connectivity index (χ3n) is 13.6. The molecule has 0 amide bonds. The highest BCUT2D eigenvalue weighted by molar-refractivity contribution is 5.72. The number of esters is 1. The Bertz CT molecular complexity index is 747. The molecule has 0 aliphatic heterocycles. The van der Waals surface area contributed by atoms with Crippen molar-refractivity contribution in [3.05, 3.63) is 0 Å². The monoisotopic (exact) mass is 817 g/mol. The van der Waals surface area contributed by atoms with Crippen LogP contribution in [-0.4, -0.2) is 12.6 Å². The predicted octanol–water partition coefficient (Wildman–Crippen LogP) is 20.6. The molecule has 348 valence electrons. The van der Waals surface area contributed by atoms with Crippen molar-refractivity contribution in [2.75, 3.05) is 6.61 Å². The lowest BCUT2D eigenvalue weighted by atomic mass is 9.89. The van der Waals surface area contributed by atoms with Crippen molar-refractivity contribution in [1.29, 1.82) is 0 Å². The van der Waals surface area contributed by atoms with Gasteiger partial charge in [0.25, 0.3) is 0 Å². The van der Waals surface area contributed by atoms with Crippen molar-refractivity contribution in [2.45, 2.75) is 336 Å². The Morgan fingerprint density at radius 2 is 0.483 bits per heavy atom. The van der Waals surface area contributed by atoms with Gasteiger partial charge in [0.2, 0.25) is 0 Å². The fraction of sp³-hybridized carbons (Fsp3) is 0.982. The molecule has 2 atom stereocenters. The minimum absolute atomic E-state index is 0.119. The highest BCUT2D eigenvalue weighted by atomic mass is 16.5. The van der Waals surface area contributed by atoms with Crippen LogP contribution in [-0.2, 0) is 9.53 Å². The predicted molar refractivity (Wildman–Crippen MR) is 262 cm³/mol. The first kappa shape index (κ1) is 57.5. The third-order valence-corrected chi connectivity index (χ3v) is 13.6. The average molecular weight is 818 g/mol. The molecule has 2 heteroatoms. The molecule has 0 aliphatic carbocycles. The molecule has 0 aromatic rings. The van der Waals surface area contributed by atoms with Crippen LogP contribution < -0.4 is 0 Å².